The molecular formula is C21H17N5O3. The summed E-state index contributed by atoms with van der Waals surface area (Å²) in [5.74, 6) is -0.999. The second-order valence-corrected chi connectivity index (χ2v) is 6.34. The van der Waals surface area contributed by atoms with Gasteiger partial charge in [-0.1, -0.05) is 36.4 Å². The molecule has 2 amide bonds. The Kier molecular flexibility index (Phi) is 4.90. The van der Waals surface area contributed by atoms with Crippen LogP contribution < -0.4 is 16.4 Å². The topological polar surface area (TPSA) is 109 Å². The minimum Gasteiger partial charge on any atom is -0.361 e. The fourth-order valence-corrected chi connectivity index (χ4v) is 2.97. The summed E-state index contributed by atoms with van der Waals surface area (Å²) in [6, 6.07) is 19.0. The Hall–Kier alpha value is -4.20. The number of nitrogens with one attached hydrogen (secondary N) is 3. The number of aromatic amines is 1. The van der Waals surface area contributed by atoms with Gasteiger partial charge in [-0.15, -0.1) is 0 Å². The van der Waals surface area contributed by atoms with E-state index in [9.17, 15) is 14.4 Å². The summed E-state index contributed by atoms with van der Waals surface area (Å²) in [4.78, 5) is 39.7. The van der Waals surface area contributed by atoms with Crippen molar-refractivity contribution in [2.45, 2.75) is 6.42 Å². The van der Waals surface area contributed by atoms with E-state index >= 15 is 0 Å². The average molecular weight is 387 g/mol. The van der Waals surface area contributed by atoms with Crippen LogP contribution in [0.5, 0.6) is 0 Å². The Morgan fingerprint density at radius 1 is 0.931 bits per heavy atom. The third kappa shape index (κ3) is 3.91. The average Bonchev–Trinajstić information content (AvgIpc) is 3.16. The molecule has 2 aromatic carbocycles. The summed E-state index contributed by atoms with van der Waals surface area (Å²) in [6.45, 7) is 0. The van der Waals surface area contributed by atoms with Crippen molar-refractivity contribution in [3.8, 4) is 5.69 Å². The second-order valence-electron chi connectivity index (χ2n) is 6.34. The van der Waals surface area contributed by atoms with E-state index in [1.165, 1.54) is 12.1 Å². The third-order valence-electron chi connectivity index (χ3n) is 4.38. The van der Waals surface area contributed by atoms with Gasteiger partial charge in [0.1, 0.15) is 0 Å². The molecule has 0 aliphatic heterocycles. The Labute approximate surface area is 165 Å². The molecule has 8 heteroatoms. The van der Waals surface area contributed by atoms with E-state index in [0.29, 0.717) is 5.69 Å². The standard InChI is InChI=1S/C21H17N5O3/c27-19(12-14-13-22-17-9-5-4-8-16(14)17)23-24-21(29)18-10-11-20(28)26(25-18)15-6-2-1-3-7-15/h1-11,13,22H,12H2,(H,23,27)(H,24,29). The van der Waals surface area contributed by atoms with Crippen LogP contribution in [-0.2, 0) is 11.2 Å². The van der Waals surface area contributed by atoms with Crippen molar-refractivity contribution in [2.75, 3.05) is 0 Å². The summed E-state index contributed by atoms with van der Waals surface area (Å²) in [7, 11) is 0. The summed E-state index contributed by atoms with van der Waals surface area (Å²) in [6.07, 6.45) is 1.87. The molecule has 0 fully saturated rings. The van der Waals surface area contributed by atoms with E-state index in [0.717, 1.165) is 21.1 Å². The van der Waals surface area contributed by atoms with Gasteiger partial charge in [0, 0.05) is 23.2 Å². The van der Waals surface area contributed by atoms with E-state index in [4.69, 9.17) is 0 Å². The number of aromatic nitrogens is 3. The van der Waals surface area contributed by atoms with Gasteiger partial charge in [-0.2, -0.15) is 9.78 Å². The van der Waals surface area contributed by atoms with Crippen LogP contribution in [0.4, 0.5) is 0 Å². The van der Waals surface area contributed by atoms with E-state index < -0.39 is 5.91 Å². The molecule has 4 rings (SSSR count). The fourth-order valence-electron chi connectivity index (χ4n) is 2.97. The summed E-state index contributed by atoms with van der Waals surface area (Å²) in [5, 5.41) is 5.02. The van der Waals surface area contributed by atoms with Crippen molar-refractivity contribution < 1.29 is 9.59 Å². The molecular weight excluding hydrogens is 370 g/mol. The van der Waals surface area contributed by atoms with Crippen molar-refractivity contribution in [1.29, 1.82) is 0 Å². The van der Waals surface area contributed by atoms with Crippen LogP contribution in [0.3, 0.4) is 0 Å². The number of benzene rings is 2. The number of rotatable bonds is 4. The maximum absolute atomic E-state index is 12.3. The summed E-state index contributed by atoms with van der Waals surface area (Å²) < 4.78 is 1.13. The van der Waals surface area contributed by atoms with Gasteiger partial charge in [-0.05, 0) is 29.8 Å². The summed E-state index contributed by atoms with van der Waals surface area (Å²) in [5.41, 5.74) is 6.64. The first-order valence-corrected chi connectivity index (χ1v) is 8.92. The number of amides is 2. The number of para-hydroxylation sites is 2. The van der Waals surface area contributed by atoms with Gasteiger partial charge in [0.05, 0.1) is 12.1 Å². The van der Waals surface area contributed by atoms with E-state index in [2.05, 4.69) is 20.9 Å². The molecule has 0 bridgehead atoms. The molecule has 29 heavy (non-hydrogen) atoms. The minimum absolute atomic E-state index is 0.000785. The van der Waals surface area contributed by atoms with Crippen molar-refractivity contribution in [3.63, 3.8) is 0 Å². The highest BCUT2D eigenvalue weighted by Gasteiger charge is 2.13. The Morgan fingerprint density at radius 2 is 1.69 bits per heavy atom. The number of H-pyrrole nitrogens is 1. The number of hydrogen-bond donors (Lipinski definition) is 3. The maximum Gasteiger partial charge on any atom is 0.290 e. The van der Waals surface area contributed by atoms with Crippen LogP contribution in [0.25, 0.3) is 16.6 Å². The van der Waals surface area contributed by atoms with Crippen molar-refractivity contribution in [3.05, 3.63) is 94.5 Å². The molecule has 0 aliphatic rings. The van der Waals surface area contributed by atoms with Gasteiger partial charge in [0.25, 0.3) is 11.5 Å². The predicted octanol–water partition coefficient (Wildman–Crippen LogP) is 1.72. The van der Waals surface area contributed by atoms with Gasteiger partial charge in [0.15, 0.2) is 5.69 Å². The van der Waals surface area contributed by atoms with Crippen molar-refractivity contribution in [1.82, 2.24) is 25.6 Å². The van der Waals surface area contributed by atoms with E-state index in [1.54, 1.807) is 30.5 Å². The molecule has 2 heterocycles. The van der Waals surface area contributed by atoms with Crippen LogP contribution in [0.15, 0.2) is 77.7 Å². The zero-order valence-electron chi connectivity index (χ0n) is 15.3. The molecule has 0 saturated carbocycles. The van der Waals surface area contributed by atoms with Crippen LogP contribution in [0.1, 0.15) is 16.1 Å². The minimum atomic E-state index is -0.623. The van der Waals surface area contributed by atoms with Crippen molar-refractivity contribution in [2.24, 2.45) is 0 Å². The number of hydrazine groups is 1. The molecule has 0 spiro atoms. The highest BCUT2D eigenvalue weighted by atomic mass is 16.2. The lowest BCUT2D eigenvalue weighted by Gasteiger charge is -2.09. The largest absolute Gasteiger partial charge is 0.361 e. The lowest BCUT2D eigenvalue weighted by atomic mass is 10.1. The number of carbonyl (C=O) groups is 2. The zero-order chi connectivity index (χ0) is 20.2. The van der Waals surface area contributed by atoms with E-state index in [1.807, 2.05) is 30.3 Å². The Morgan fingerprint density at radius 3 is 2.52 bits per heavy atom. The lowest BCUT2D eigenvalue weighted by molar-refractivity contribution is -0.121. The SMILES string of the molecule is O=C(Cc1c[nH]c2ccccc12)NNC(=O)c1ccc(=O)n(-c2ccccc2)n1. The normalized spacial score (nSPS) is 10.6. The number of hydrogen-bond acceptors (Lipinski definition) is 4. The summed E-state index contributed by atoms with van der Waals surface area (Å²) >= 11 is 0. The van der Waals surface area contributed by atoms with Gasteiger partial charge in [0.2, 0.25) is 5.91 Å². The molecule has 0 aliphatic carbocycles. The molecule has 3 N–H and O–H groups in total. The van der Waals surface area contributed by atoms with Gasteiger partial charge >= 0.3 is 0 Å². The van der Waals surface area contributed by atoms with Gasteiger partial charge < -0.3 is 4.98 Å². The quantitative estimate of drug-likeness (QED) is 0.463. The first-order chi connectivity index (χ1) is 14.1. The van der Waals surface area contributed by atoms with Crippen LogP contribution in [0.2, 0.25) is 0 Å². The van der Waals surface area contributed by atoms with Gasteiger partial charge in [-0.25, -0.2) is 0 Å². The molecule has 0 saturated heterocycles. The highest BCUT2D eigenvalue weighted by Crippen LogP contribution is 2.17. The number of nitrogens with zero attached hydrogens (tertiary/aromatic N) is 2. The molecule has 0 atom stereocenters. The lowest BCUT2D eigenvalue weighted by Crippen LogP contribution is -2.43. The smallest absolute Gasteiger partial charge is 0.290 e. The number of carbonyl (C=O) groups excluding carboxylic acids is 2. The number of fused-ring (bicyclic) bond motifs is 1. The Balaban J connectivity index is 1.43. The molecule has 0 unspecified atom stereocenters. The third-order valence-corrected chi connectivity index (χ3v) is 4.38. The second kappa shape index (κ2) is 7.81. The van der Waals surface area contributed by atoms with Crippen LogP contribution >= 0.6 is 0 Å². The molecule has 2 aromatic heterocycles. The molecule has 8 nitrogen and oxygen atoms in total. The first kappa shape index (κ1) is 18.2. The fraction of sp³-hybridized carbons (Fsp3) is 0.0476. The first-order valence-electron chi connectivity index (χ1n) is 8.92. The molecule has 144 valence electrons. The van der Waals surface area contributed by atoms with E-state index in [-0.39, 0.29) is 23.6 Å². The maximum atomic E-state index is 12.3. The highest BCUT2D eigenvalue weighted by molar-refractivity contribution is 5.94. The van der Waals surface area contributed by atoms with Crippen LogP contribution in [-0.4, -0.2) is 26.6 Å². The zero-order valence-corrected chi connectivity index (χ0v) is 15.3. The van der Waals surface area contributed by atoms with Crippen LogP contribution in [0, 0.1) is 0 Å². The monoisotopic (exact) mass is 387 g/mol. The molecule has 0 radical (unpaired) electrons. The van der Waals surface area contributed by atoms with Crippen molar-refractivity contribution >= 4 is 22.7 Å². The van der Waals surface area contributed by atoms with Gasteiger partial charge in [-0.3, -0.25) is 25.2 Å². The Bertz CT molecular complexity index is 1240. The predicted molar refractivity (Wildman–Crippen MR) is 107 cm³/mol. The molecule has 4 aromatic rings.